The molecule has 5 nitrogen and oxygen atoms in total. The molecule has 0 unspecified atom stereocenters. The van der Waals surface area contributed by atoms with Gasteiger partial charge in [-0.05, 0) is 26.1 Å². The van der Waals surface area contributed by atoms with Gasteiger partial charge in [-0.2, -0.15) is 13.2 Å². The Morgan fingerprint density at radius 2 is 1.65 bits per heavy atom. The lowest BCUT2D eigenvalue weighted by atomic mass is 10.2. The molecule has 1 N–H and O–H groups in total. The first-order valence-electron chi connectivity index (χ1n) is 6.92. The zero-order chi connectivity index (χ0) is 17.6. The second-order valence-corrected chi connectivity index (χ2v) is 5.45. The molecule has 1 rings (SSSR count). The Hall–Kier alpha value is -2.09. The van der Waals surface area contributed by atoms with E-state index in [0.29, 0.717) is 10.6 Å². The highest BCUT2D eigenvalue weighted by molar-refractivity contribution is 5.92. The molecule has 0 saturated heterocycles. The number of rotatable bonds is 6. The summed E-state index contributed by atoms with van der Waals surface area (Å²) in [5.41, 5.74) is 1.67. The van der Waals surface area contributed by atoms with E-state index in [1.54, 1.807) is 12.1 Å². The van der Waals surface area contributed by atoms with E-state index in [0.717, 1.165) is 12.6 Å². The Bertz CT molecular complexity index is 544. The summed E-state index contributed by atoms with van der Waals surface area (Å²) in [5, 5.41) is 2.66. The Labute approximate surface area is 133 Å². The third kappa shape index (κ3) is 7.64. The van der Waals surface area contributed by atoms with Gasteiger partial charge in [0, 0.05) is 12.7 Å². The van der Waals surface area contributed by atoms with Crippen molar-refractivity contribution in [2.45, 2.75) is 13.1 Å². The first-order chi connectivity index (χ1) is 10.6. The summed E-state index contributed by atoms with van der Waals surface area (Å²) in [6.07, 6.45) is -4.44. The van der Waals surface area contributed by atoms with Crippen molar-refractivity contribution >= 4 is 17.5 Å². The number of hydrogen-bond donors (Lipinski definition) is 1. The fourth-order valence-electron chi connectivity index (χ4n) is 1.85. The van der Waals surface area contributed by atoms with Crippen LogP contribution in [-0.4, -0.2) is 61.5 Å². The summed E-state index contributed by atoms with van der Waals surface area (Å²) in [7, 11) is 2.57. The Morgan fingerprint density at radius 1 is 1.09 bits per heavy atom. The minimum absolute atomic E-state index is 0.0977. The van der Waals surface area contributed by atoms with Crippen molar-refractivity contribution in [2.24, 2.45) is 0 Å². The SMILES string of the molecule is Cc1ccc(NC(=O)CN(C)CC(=O)N(C)CC(F)(F)F)cc1. The topological polar surface area (TPSA) is 52.7 Å². The largest absolute Gasteiger partial charge is 0.406 e. The normalized spacial score (nSPS) is 11.4. The number of amides is 2. The van der Waals surface area contributed by atoms with E-state index < -0.39 is 18.6 Å². The first kappa shape index (κ1) is 19.0. The lowest BCUT2D eigenvalue weighted by Gasteiger charge is -2.22. The molecule has 0 spiro atoms. The second kappa shape index (κ2) is 7.96. The number of carbonyl (C=O) groups excluding carboxylic acids is 2. The Morgan fingerprint density at radius 3 is 2.17 bits per heavy atom. The van der Waals surface area contributed by atoms with Gasteiger partial charge in [0.25, 0.3) is 0 Å². The summed E-state index contributed by atoms with van der Waals surface area (Å²) in [5.74, 6) is -1.05. The van der Waals surface area contributed by atoms with Crippen LogP contribution in [0.15, 0.2) is 24.3 Å². The van der Waals surface area contributed by atoms with Gasteiger partial charge in [-0.15, -0.1) is 0 Å². The molecule has 1 aromatic rings. The van der Waals surface area contributed by atoms with E-state index >= 15 is 0 Å². The van der Waals surface area contributed by atoms with E-state index in [-0.39, 0.29) is 19.0 Å². The molecule has 0 aromatic heterocycles. The maximum atomic E-state index is 12.2. The fourth-order valence-corrected chi connectivity index (χ4v) is 1.85. The molecule has 0 radical (unpaired) electrons. The molecule has 0 saturated carbocycles. The number of hydrogen-bond acceptors (Lipinski definition) is 3. The molecular weight excluding hydrogens is 311 g/mol. The molecular formula is C15H20F3N3O2. The average Bonchev–Trinajstić information content (AvgIpc) is 2.39. The molecule has 0 atom stereocenters. The monoisotopic (exact) mass is 331 g/mol. The van der Waals surface area contributed by atoms with Crippen LogP contribution in [0.1, 0.15) is 5.56 Å². The number of anilines is 1. The number of alkyl halides is 3. The van der Waals surface area contributed by atoms with Crippen molar-refractivity contribution in [1.29, 1.82) is 0 Å². The lowest BCUT2D eigenvalue weighted by Crippen LogP contribution is -2.43. The van der Waals surface area contributed by atoms with Crippen molar-refractivity contribution in [2.75, 3.05) is 39.0 Å². The van der Waals surface area contributed by atoms with Crippen LogP contribution in [0.3, 0.4) is 0 Å². The van der Waals surface area contributed by atoms with E-state index in [1.165, 1.54) is 11.9 Å². The van der Waals surface area contributed by atoms with E-state index in [9.17, 15) is 22.8 Å². The molecule has 0 aliphatic rings. The zero-order valence-electron chi connectivity index (χ0n) is 13.3. The lowest BCUT2D eigenvalue weighted by molar-refractivity contribution is -0.158. The standard InChI is InChI=1S/C15H20F3N3O2/c1-11-4-6-12(7-5-11)19-13(22)8-20(2)9-14(23)21(3)10-15(16,17)18/h4-7H,8-10H2,1-3H3,(H,19,22). The van der Waals surface area contributed by atoms with E-state index in [1.807, 2.05) is 19.1 Å². The van der Waals surface area contributed by atoms with Crippen LogP contribution in [0.4, 0.5) is 18.9 Å². The first-order valence-corrected chi connectivity index (χ1v) is 6.92. The molecule has 23 heavy (non-hydrogen) atoms. The van der Waals surface area contributed by atoms with Crippen LogP contribution < -0.4 is 5.32 Å². The third-order valence-electron chi connectivity index (χ3n) is 3.00. The number of likely N-dealkylation sites (N-methyl/N-ethyl adjacent to an activating group) is 2. The smallest absolute Gasteiger partial charge is 0.336 e. The number of nitrogens with one attached hydrogen (secondary N) is 1. The molecule has 2 amide bonds. The number of aryl methyl sites for hydroxylation is 1. The number of nitrogens with zero attached hydrogens (tertiary/aromatic N) is 2. The highest BCUT2D eigenvalue weighted by Crippen LogP contribution is 2.15. The van der Waals surface area contributed by atoms with Crippen LogP contribution >= 0.6 is 0 Å². The number of carbonyl (C=O) groups is 2. The van der Waals surface area contributed by atoms with E-state index in [2.05, 4.69) is 5.32 Å². The molecule has 128 valence electrons. The predicted molar refractivity (Wildman–Crippen MR) is 81.0 cm³/mol. The van der Waals surface area contributed by atoms with E-state index in [4.69, 9.17) is 0 Å². The molecule has 1 aromatic carbocycles. The van der Waals surface area contributed by atoms with Gasteiger partial charge < -0.3 is 10.2 Å². The average molecular weight is 331 g/mol. The molecule has 8 heteroatoms. The number of benzene rings is 1. The van der Waals surface area contributed by atoms with Gasteiger partial charge in [-0.1, -0.05) is 17.7 Å². The molecule has 0 fully saturated rings. The summed E-state index contributed by atoms with van der Waals surface area (Å²) < 4.78 is 36.6. The summed E-state index contributed by atoms with van der Waals surface area (Å²) in [6.45, 7) is 0.241. The molecule has 0 aliphatic heterocycles. The quantitative estimate of drug-likeness (QED) is 0.866. The van der Waals surface area contributed by atoms with Gasteiger partial charge in [0.15, 0.2) is 0 Å². The van der Waals surface area contributed by atoms with Crippen molar-refractivity contribution in [3.8, 4) is 0 Å². The predicted octanol–water partition coefficient (Wildman–Crippen LogP) is 1.89. The molecule has 0 heterocycles. The maximum absolute atomic E-state index is 12.2. The fraction of sp³-hybridized carbons (Fsp3) is 0.467. The summed E-state index contributed by atoms with van der Waals surface area (Å²) in [4.78, 5) is 25.4. The van der Waals surface area contributed by atoms with Gasteiger partial charge in [-0.3, -0.25) is 14.5 Å². The van der Waals surface area contributed by atoms with Crippen molar-refractivity contribution < 1.29 is 22.8 Å². The third-order valence-corrected chi connectivity index (χ3v) is 3.00. The van der Waals surface area contributed by atoms with Crippen molar-refractivity contribution in [3.63, 3.8) is 0 Å². The van der Waals surface area contributed by atoms with Gasteiger partial charge in [-0.25, -0.2) is 0 Å². The summed E-state index contributed by atoms with van der Waals surface area (Å²) >= 11 is 0. The van der Waals surface area contributed by atoms with Crippen molar-refractivity contribution in [3.05, 3.63) is 29.8 Å². The van der Waals surface area contributed by atoms with Crippen LogP contribution in [0.25, 0.3) is 0 Å². The van der Waals surface area contributed by atoms with Crippen LogP contribution in [0.2, 0.25) is 0 Å². The molecule has 0 bridgehead atoms. The molecule has 0 aliphatic carbocycles. The van der Waals surface area contributed by atoms with Crippen LogP contribution in [0, 0.1) is 6.92 Å². The second-order valence-electron chi connectivity index (χ2n) is 5.45. The Kier molecular flexibility index (Phi) is 6.56. The Balaban J connectivity index is 2.43. The maximum Gasteiger partial charge on any atom is 0.406 e. The highest BCUT2D eigenvalue weighted by atomic mass is 19.4. The minimum Gasteiger partial charge on any atom is -0.336 e. The number of halogens is 3. The van der Waals surface area contributed by atoms with Crippen LogP contribution in [0.5, 0.6) is 0 Å². The summed E-state index contributed by atoms with van der Waals surface area (Å²) in [6, 6.07) is 7.18. The van der Waals surface area contributed by atoms with Crippen LogP contribution in [-0.2, 0) is 9.59 Å². The minimum atomic E-state index is -4.44. The highest BCUT2D eigenvalue weighted by Gasteiger charge is 2.31. The van der Waals surface area contributed by atoms with Gasteiger partial charge in [0.1, 0.15) is 6.54 Å². The van der Waals surface area contributed by atoms with Gasteiger partial charge >= 0.3 is 6.18 Å². The van der Waals surface area contributed by atoms with Gasteiger partial charge in [0.05, 0.1) is 13.1 Å². The zero-order valence-corrected chi connectivity index (χ0v) is 13.3. The van der Waals surface area contributed by atoms with Gasteiger partial charge in [0.2, 0.25) is 11.8 Å². The van der Waals surface area contributed by atoms with Crippen molar-refractivity contribution in [1.82, 2.24) is 9.80 Å².